The van der Waals surface area contributed by atoms with E-state index >= 15 is 0 Å². The third kappa shape index (κ3) is 0.917. The predicted octanol–water partition coefficient (Wildman–Crippen LogP) is 0.972. The highest BCUT2D eigenvalue weighted by Gasteiger charge is 2.01. The number of para-hydroxylation sites is 1. The molecule has 0 spiro atoms. The van der Waals surface area contributed by atoms with Gasteiger partial charge in [-0.05, 0) is 12.5 Å². The van der Waals surface area contributed by atoms with E-state index in [-0.39, 0.29) is 0 Å². The molecule has 0 bridgehead atoms. The largest absolute Gasteiger partial charge is 0.353 e. The summed E-state index contributed by atoms with van der Waals surface area (Å²) < 4.78 is 0. The molecule has 13 heavy (non-hydrogen) atoms. The second-order valence-corrected chi connectivity index (χ2v) is 3.31. The Bertz CT molecular complexity index is 563. The summed E-state index contributed by atoms with van der Waals surface area (Å²) in [6, 6.07) is 8.31. The number of fused-ring (bicyclic) bond motifs is 3. The molecule has 3 rings (SSSR count). The van der Waals surface area contributed by atoms with Crippen LogP contribution in [-0.2, 0) is 0 Å². The Hall–Kier alpha value is -1.57. The Balaban J connectivity index is 2.63. The molecular weight excluding hydrogens is 160 g/mol. The highest BCUT2D eigenvalue weighted by Crippen LogP contribution is 2.04. The number of benzene rings is 1. The summed E-state index contributed by atoms with van der Waals surface area (Å²) in [5.74, 6) is 0. The minimum absolute atomic E-state index is 0.925. The minimum atomic E-state index is 0.925. The fourth-order valence-corrected chi connectivity index (χ4v) is 1.85. The summed E-state index contributed by atoms with van der Waals surface area (Å²) in [6.07, 6.45) is 3.28. The van der Waals surface area contributed by atoms with E-state index in [9.17, 15) is 0 Å². The molecule has 0 amide bonds. The van der Waals surface area contributed by atoms with Crippen molar-refractivity contribution >= 4 is 17.0 Å². The van der Waals surface area contributed by atoms with Crippen LogP contribution in [0, 0.1) is 0 Å². The first-order valence-electron chi connectivity index (χ1n) is 4.56. The van der Waals surface area contributed by atoms with Gasteiger partial charge in [0.2, 0.25) is 0 Å². The molecule has 0 fully saturated rings. The van der Waals surface area contributed by atoms with Gasteiger partial charge in [0.15, 0.2) is 0 Å². The van der Waals surface area contributed by atoms with Gasteiger partial charge in [0.1, 0.15) is 0 Å². The van der Waals surface area contributed by atoms with Gasteiger partial charge in [0.25, 0.3) is 0 Å². The van der Waals surface area contributed by atoms with Crippen LogP contribution >= 0.6 is 0 Å². The van der Waals surface area contributed by atoms with Crippen LogP contribution in [0.5, 0.6) is 0 Å². The standard InChI is InChI=1S/C11H10N2/c1-2-5-9-8(4-1)11-10(13-9)6-3-7-12-11/h1-2,4-6,13H,3,7H2. The first kappa shape index (κ1) is 6.89. The number of rotatable bonds is 0. The molecule has 2 heterocycles. The van der Waals surface area contributed by atoms with Crippen LogP contribution in [-0.4, -0.2) is 11.5 Å². The molecule has 1 N–H and O–H groups in total. The fourth-order valence-electron chi connectivity index (χ4n) is 1.85. The summed E-state index contributed by atoms with van der Waals surface area (Å²) in [5, 5.41) is 3.57. The highest BCUT2D eigenvalue weighted by atomic mass is 14.8. The first-order chi connectivity index (χ1) is 6.45. The number of H-pyrrole nitrogens is 1. The fraction of sp³-hybridized carbons (Fsp3) is 0.182. The molecule has 2 nitrogen and oxygen atoms in total. The van der Waals surface area contributed by atoms with Crippen molar-refractivity contribution in [2.75, 3.05) is 6.54 Å². The zero-order valence-corrected chi connectivity index (χ0v) is 7.25. The number of hydrogen-bond donors (Lipinski definition) is 1. The second-order valence-electron chi connectivity index (χ2n) is 3.31. The molecule has 0 saturated carbocycles. The first-order valence-corrected chi connectivity index (χ1v) is 4.56. The van der Waals surface area contributed by atoms with E-state index in [0.717, 1.165) is 18.3 Å². The van der Waals surface area contributed by atoms with E-state index in [2.05, 4.69) is 34.3 Å². The summed E-state index contributed by atoms with van der Waals surface area (Å²) in [7, 11) is 0. The average molecular weight is 170 g/mol. The lowest BCUT2D eigenvalue weighted by Crippen LogP contribution is -2.26. The SMILES string of the molecule is C1=c2[nH]c3ccccc3c2=NCC1. The van der Waals surface area contributed by atoms with E-state index in [0.29, 0.717) is 0 Å². The highest BCUT2D eigenvalue weighted by molar-refractivity contribution is 5.79. The van der Waals surface area contributed by atoms with E-state index in [1.807, 2.05) is 6.07 Å². The quantitative estimate of drug-likeness (QED) is 0.610. The molecule has 2 aromatic rings. The smallest absolute Gasteiger partial charge is 0.0899 e. The lowest BCUT2D eigenvalue weighted by molar-refractivity contribution is 0.960. The molecule has 1 aliphatic heterocycles. The van der Waals surface area contributed by atoms with Gasteiger partial charge in [0.05, 0.1) is 10.7 Å². The molecule has 0 unspecified atom stereocenters. The molecule has 2 heteroatoms. The summed E-state index contributed by atoms with van der Waals surface area (Å²) in [6.45, 7) is 0.925. The Morgan fingerprint density at radius 1 is 1.23 bits per heavy atom. The van der Waals surface area contributed by atoms with E-state index in [1.165, 1.54) is 16.3 Å². The molecule has 64 valence electrons. The maximum Gasteiger partial charge on any atom is 0.0899 e. The summed E-state index contributed by atoms with van der Waals surface area (Å²) in [5.41, 5.74) is 1.19. The van der Waals surface area contributed by atoms with Crippen LogP contribution in [0.1, 0.15) is 6.42 Å². The van der Waals surface area contributed by atoms with Crippen molar-refractivity contribution in [2.45, 2.75) is 6.42 Å². The van der Waals surface area contributed by atoms with Crippen molar-refractivity contribution in [3.8, 4) is 0 Å². The zero-order valence-electron chi connectivity index (χ0n) is 7.25. The monoisotopic (exact) mass is 170 g/mol. The Kier molecular flexibility index (Phi) is 1.30. The molecule has 0 radical (unpaired) electrons. The van der Waals surface area contributed by atoms with Crippen molar-refractivity contribution in [1.82, 2.24) is 4.98 Å². The van der Waals surface area contributed by atoms with Gasteiger partial charge in [-0.2, -0.15) is 0 Å². The Labute approximate surface area is 75.6 Å². The number of nitrogens with one attached hydrogen (secondary N) is 1. The van der Waals surface area contributed by atoms with Gasteiger partial charge in [-0.3, -0.25) is 4.99 Å². The maximum atomic E-state index is 4.52. The van der Waals surface area contributed by atoms with Crippen molar-refractivity contribution < 1.29 is 0 Å². The van der Waals surface area contributed by atoms with Gasteiger partial charge in [-0.15, -0.1) is 0 Å². The maximum absolute atomic E-state index is 4.52. The predicted molar refractivity (Wildman–Crippen MR) is 53.0 cm³/mol. The van der Waals surface area contributed by atoms with Crippen LogP contribution in [0.4, 0.5) is 0 Å². The molecule has 1 aliphatic rings. The minimum Gasteiger partial charge on any atom is -0.353 e. The van der Waals surface area contributed by atoms with Crippen LogP contribution in [0.25, 0.3) is 17.0 Å². The molecule has 0 atom stereocenters. The lowest BCUT2D eigenvalue weighted by Gasteiger charge is -1.92. The third-order valence-electron chi connectivity index (χ3n) is 2.45. The Morgan fingerprint density at radius 3 is 3.15 bits per heavy atom. The van der Waals surface area contributed by atoms with Crippen LogP contribution < -0.4 is 10.7 Å². The molecule has 0 aliphatic carbocycles. The topological polar surface area (TPSA) is 28.1 Å². The molecular formula is C11H10N2. The average Bonchev–Trinajstić information content (AvgIpc) is 2.56. The van der Waals surface area contributed by atoms with E-state index < -0.39 is 0 Å². The van der Waals surface area contributed by atoms with Crippen LogP contribution in [0.15, 0.2) is 29.3 Å². The van der Waals surface area contributed by atoms with Gasteiger partial charge >= 0.3 is 0 Å². The molecule has 1 aromatic heterocycles. The van der Waals surface area contributed by atoms with Crippen molar-refractivity contribution in [1.29, 1.82) is 0 Å². The van der Waals surface area contributed by atoms with Gasteiger partial charge in [-0.25, -0.2) is 0 Å². The summed E-state index contributed by atoms with van der Waals surface area (Å²) in [4.78, 5) is 7.89. The van der Waals surface area contributed by atoms with E-state index in [1.54, 1.807) is 0 Å². The van der Waals surface area contributed by atoms with Crippen molar-refractivity contribution in [3.63, 3.8) is 0 Å². The Morgan fingerprint density at radius 2 is 2.15 bits per heavy atom. The van der Waals surface area contributed by atoms with Crippen molar-refractivity contribution in [3.05, 3.63) is 35.0 Å². The third-order valence-corrected chi connectivity index (χ3v) is 2.45. The summed E-state index contributed by atoms with van der Waals surface area (Å²) >= 11 is 0. The normalized spacial score (nSPS) is 14.8. The van der Waals surface area contributed by atoms with E-state index in [4.69, 9.17) is 0 Å². The number of hydrogen-bond acceptors (Lipinski definition) is 1. The number of nitrogens with zero attached hydrogens (tertiary/aromatic N) is 1. The zero-order chi connectivity index (χ0) is 8.67. The second kappa shape index (κ2) is 2.46. The van der Waals surface area contributed by atoms with Crippen LogP contribution in [0.2, 0.25) is 0 Å². The van der Waals surface area contributed by atoms with Crippen molar-refractivity contribution in [2.24, 2.45) is 4.99 Å². The molecule has 0 saturated heterocycles. The number of aromatic amines is 1. The number of aromatic nitrogens is 1. The molecule has 1 aromatic carbocycles. The van der Waals surface area contributed by atoms with Gasteiger partial charge < -0.3 is 4.98 Å². The van der Waals surface area contributed by atoms with Crippen LogP contribution in [0.3, 0.4) is 0 Å². The van der Waals surface area contributed by atoms with Gasteiger partial charge in [-0.1, -0.05) is 24.3 Å². The lowest BCUT2D eigenvalue weighted by atomic mass is 10.2. The van der Waals surface area contributed by atoms with Gasteiger partial charge in [0, 0.05) is 17.4 Å².